The lowest BCUT2D eigenvalue weighted by atomic mass is 9.95. The Morgan fingerprint density at radius 3 is 2.24 bits per heavy atom. The standard InChI is InChI=1S/C26H19FN2O4/c1-2-33-21-13-7-18(8-14-21)24(30)22-23(17-5-9-19(27)10-6-17)29(26(32)25(22)31)20-11-3-16(15-28)4-12-20/h3-14,23,30H,2H2,1H3/b24-22+. The van der Waals surface area contributed by atoms with Crippen LogP contribution in [0.1, 0.15) is 29.7 Å². The van der Waals surface area contributed by atoms with E-state index < -0.39 is 23.5 Å². The van der Waals surface area contributed by atoms with Crippen LogP contribution in [0.3, 0.4) is 0 Å². The Hall–Kier alpha value is -4.44. The first-order chi connectivity index (χ1) is 15.9. The number of rotatable bonds is 5. The van der Waals surface area contributed by atoms with Crippen molar-refractivity contribution in [1.29, 1.82) is 5.26 Å². The summed E-state index contributed by atoms with van der Waals surface area (Å²) in [6, 6.07) is 19.1. The van der Waals surface area contributed by atoms with Gasteiger partial charge in [-0.1, -0.05) is 12.1 Å². The van der Waals surface area contributed by atoms with E-state index in [1.54, 1.807) is 36.4 Å². The van der Waals surface area contributed by atoms with Gasteiger partial charge in [0.15, 0.2) is 0 Å². The van der Waals surface area contributed by atoms with Gasteiger partial charge in [0.1, 0.15) is 17.3 Å². The maximum absolute atomic E-state index is 13.6. The number of nitrogens with zero attached hydrogens (tertiary/aromatic N) is 2. The highest BCUT2D eigenvalue weighted by atomic mass is 19.1. The smallest absolute Gasteiger partial charge is 0.300 e. The first-order valence-electron chi connectivity index (χ1n) is 10.2. The predicted octanol–water partition coefficient (Wildman–Crippen LogP) is 4.72. The van der Waals surface area contributed by atoms with Gasteiger partial charge >= 0.3 is 0 Å². The summed E-state index contributed by atoms with van der Waals surface area (Å²) in [6.07, 6.45) is 0. The van der Waals surface area contributed by atoms with Gasteiger partial charge in [-0.15, -0.1) is 0 Å². The number of ether oxygens (including phenoxy) is 1. The highest BCUT2D eigenvalue weighted by molar-refractivity contribution is 6.51. The van der Waals surface area contributed by atoms with E-state index >= 15 is 0 Å². The van der Waals surface area contributed by atoms with E-state index in [0.29, 0.717) is 34.7 Å². The number of aliphatic hydroxyl groups is 1. The van der Waals surface area contributed by atoms with E-state index in [2.05, 4.69) is 0 Å². The molecule has 0 saturated carbocycles. The highest BCUT2D eigenvalue weighted by Crippen LogP contribution is 2.42. The summed E-state index contributed by atoms with van der Waals surface area (Å²) >= 11 is 0. The molecule has 1 N–H and O–H groups in total. The van der Waals surface area contributed by atoms with E-state index in [1.807, 2.05) is 13.0 Å². The fraction of sp³-hybridized carbons (Fsp3) is 0.115. The largest absolute Gasteiger partial charge is 0.507 e. The third kappa shape index (κ3) is 4.06. The maximum Gasteiger partial charge on any atom is 0.300 e. The van der Waals surface area contributed by atoms with E-state index in [9.17, 15) is 19.1 Å². The van der Waals surface area contributed by atoms with Crippen LogP contribution in [0, 0.1) is 17.1 Å². The summed E-state index contributed by atoms with van der Waals surface area (Å²) in [6.45, 7) is 2.33. The van der Waals surface area contributed by atoms with Crippen molar-refractivity contribution in [3.05, 3.63) is 101 Å². The van der Waals surface area contributed by atoms with Gasteiger partial charge in [-0.3, -0.25) is 14.5 Å². The summed E-state index contributed by atoms with van der Waals surface area (Å²) in [5.74, 6) is -1.91. The number of aliphatic hydroxyl groups excluding tert-OH is 1. The van der Waals surface area contributed by atoms with Crippen molar-refractivity contribution in [2.24, 2.45) is 0 Å². The molecule has 0 aliphatic carbocycles. The fourth-order valence-corrected chi connectivity index (χ4v) is 3.79. The first-order valence-corrected chi connectivity index (χ1v) is 10.2. The summed E-state index contributed by atoms with van der Waals surface area (Å²) in [7, 11) is 0. The number of ketones is 1. The summed E-state index contributed by atoms with van der Waals surface area (Å²) in [4.78, 5) is 27.4. The Kier molecular flexibility index (Phi) is 5.92. The van der Waals surface area contributed by atoms with Gasteiger partial charge < -0.3 is 9.84 Å². The van der Waals surface area contributed by atoms with Crippen LogP contribution in [-0.2, 0) is 9.59 Å². The predicted molar refractivity (Wildman–Crippen MR) is 120 cm³/mol. The van der Waals surface area contributed by atoms with Gasteiger partial charge in [-0.2, -0.15) is 5.26 Å². The van der Waals surface area contributed by atoms with Crippen LogP contribution in [0.25, 0.3) is 5.76 Å². The number of Topliss-reactive ketones (excluding diaryl/α,β-unsaturated/α-hetero) is 1. The zero-order valence-corrected chi connectivity index (χ0v) is 17.7. The lowest BCUT2D eigenvalue weighted by Crippen LogP contribution is -2.29. The summed E-state index contributed by atoms with van der Waals surface area (Å²) in [5.41, 5.74) is 1.44. The maximum atomic E-state index is 13.6. The second-order valence-corrected chi connectivity index (χ2v) is 7.34. The van der Waals surface area contributed by atoms with E-state index in [0.717, 1.165) is 0 Å². The van der Waals surface area contributed by atoms with Crippen molar-refractivity contribution < 1.29 is 23.8 Å². The van der Waals surface area contributed by atoms with Gasteiger partial charge in [0, 0.05) is 11.3 Å². The molecule has 33 heavy (non-hydrogen) atoms. The quantitative estimate of drug-likeness (QED) is 0.351. The Balaban J connectivity index is 1.87. The molecule has 1 aliphatic heterocycles. The summed E-state index contributed by atoms with van der Waals surface area (Å²) < 4.78 is 19.0. The van der Waals surface area contributed by atoms with Crippen LogP contribution in [0.4, 0.5) is 10.1 Å². The lowest BCUT2D eigenvalue weighted by molar-refractivity contribution is -0.132. The molecule has 0 radical (unpaired) electrons. The van der Waals surface area contributed by atoms with Crippen LogP contribution in [0.2, 0.25) is 0 Å². The normalized spacial score (nSPS) is 17.1. The summed E-state index contributed by atoms with van der Waals surface area (Å²) in [5, 5.41) is 20.2. The molecule has 7 heteroatoms. The highest BCUT2D eigenvalue weighted by Gasteiger charge is 2.46. The number of hydrogen-bond acceptors (Lipinski definition) is 5. The molecule has 1 atom stereocenters. The zero-order chi connectivity index (χ0) is 23.5. The second-order valence-electron chi connectivity index (χ2n) is 7.34. The van der Waals surface area contributed by atoms with Crippen molar-refractivity contribution in [3.8, 4) is 11.8 Å². The molecule has 0 bridgehead atoms. The van der Waals surface area contributed by atoms with Crippen molar-refractivity contribution in [1.82, 2.24) is 0 Å². The number of amides is 1. The molecule has 0 spiro atoms. The molecule has 6 nitrogen and oxygen atoms in total. The van der Waals surface area contributed by atoms with Crippen LogP contribution in [-0.4, -0.2) is 23.4 Å². The number of hydrogen-bond donors (Lipinski definition) is 1. The van der Waals surface area contributed by atoms with Crippen molar-refractivity contribution in [2.75, 3.05) is 11.5 Å². The van der Waals surface area contributed by atoms with Crippen molar-refractivity contribution >= 4 is 23.1 Å². The number of benzene rings is 3. The number of carbonyl (C=O) groups is 2. The van der Waals surface area contributed by atoms with Crippen molar-refractivity contribution in [2.45, 2.75) is 13.0 Å². The van der Waals surface area contributed by atoms with Gasteiger partial charge in [0.05, 0.1) is 29.9 Å². The molecule has 0 aromatic heterocycles. The molecule has 1 aliphatic rings. The van der Waals surface area contributed by atoms with E-state index in [4.69, 9.17) is 10.00 Å². The first kappa shape index (κ1) is 21.8. The lowest BCUT2D eigenvalue weighted by Gasteiger charge is -2.25. The molecule has 164 valence electrons. The molecule has 1 fully saturated rings. The molecule has 3 aromatic rings. The molecule has 4 rings (SSSR count). The average molecular weight is 442 g/mol. The molecule has 1 saturated heterocycles. The minimum Gasteiger partial charge on any atom is -0.507 e. The molecular formula is C26H19FN2O4. The van der Waals surface area contributed by atoms with Gasteiger partial charge in [0.2, 0.25) is 0 Å². The topological polar surface area (TPSA) is 90.6 Å². The number of anilines is 1. The average Bonchev–Trinajstić information content (AvgIpc) is 3.10. The minimum absolute atomic E-state index is 0.111. The van der Waals surface area contributed by atoms with Crippen LogP contribution >= 0.6 is 0 Å². The van der Waals surface area contributed by atoms with Crippen LogP contribution < -0.4 is 9.64 Å². The number of halogens is 1. The zero-order valence-electron chi connectivity index (χ0n) is 17.7. The molecule has 3 aromatic carbocycles. The molecule has 1 unspecified atom stereocenters. The number of nitriles is 1. The number of carbonyl (C=O) groups excluding carboxylic acids is 2. The monoisotopic (exact) mass is 442 g/mol. The Morgan fingerprint density at radius 2 is 1.67 bits per heavy atom. The van der Waals surface area contributed by atoms with E-state index in [-0.39, 0.29) is 11.3 Å². The third-order valence-corrected chi connectivity index (χ3v) is 5.34. The Bertz CT molecular complexity index is 1270. The SMILES string of the molecule is CCOc1ccc(/C(O)=C2\C(=O)C(=O)N(c3ccc(C#N)cc3)C2c2ccc(F)cc2)cc1. The minimum atomic E-state index is -0.981. The van der Waals surface area contributed by atoms with Gasteiger partial charge in [0.25, 0.3) is 11.7 Å². The van der Waals surface area contributed by atoms with Crippen LogP contribution in [0.5, 0.6) is 5.75 Å². The third-order valence-electron chi connectivity index (χ3n) is 5.34. The van der Waals surface area contributed by atoms with Crippen LogP contribution in [0.15, 0.2) is 78.4 Å². The Labute approximate surface area is 189 Å². The van der Waals surface area contributed by atoms with Crippen molar-refractivity contribution in [3.63, 3.8) is 0 Å². The fourth-order valence-electron chi connectivity index (χ4n) is 3.79. The molecule has 1 heterocycles. The molecule has 1 amide bonds. The van der Waals surface area contributed by atoms with E-state index in [1.165, 1.54) is 41.3 Å². The van der Waals surface area contributed by atoms with Gasteiger partial charge in [-0.05, 0) is 73.2 Å². The Morgan fingerprint density at radius 1 is 1.03 bits per heavy atom. The molecular weight excluding hydrogens is 423 g/mol. The second kappa shape index (κ2) is 8.97. The van der Waals surface area contributed by atoms with Gasteiger partial charge in [-0.25, -0.2) is 4.39 Å².